The zero-order valence-electron chi connectivity index (χ0n) is 12.0. The number of piperazine rings is 1. The molecule has 0 spiro atoms. The van der Waals surface area contributed by atoms with Gasteiger partial charge in [0.2, 0.25) is 0 Å². The van der Waals surface area contributed by atoms with Crippen molar-refractivity contribution in [1.82, 2.24) is 19.4 Å². The summed E-state index contributed by atoms with van der Waals surface area (Å²) in [6.07, 6.45) is 4.74. The number of imidazole rings is 1. The highest BCUT2D eigenvalue weighted by atomic mass is 79.9. The van der Waals surface area contributed by atoms with Gasteiger partial charge in [-0.2, -0.15) is 0 Å². The Labute approximate surface area is 135 Å². The lowest BCUT2D eigenvalue weighted by Gasteiger charge is -2.35. The van der Waals surface area contributed by atoms with Gasteiger partial charge in [-0.3, -0.25) is 4.79 Å². The van der Waals surface area contributed by atoms with Gasteiger partial charge in [0.25, 0.3) is 5.91 Å². The first-order valence-corrected chi connectivity index (χ1v) is 7.67. The van der Waals surface area contributed by atoms with Crippen LogP contribution in [0.25, 0.3) is 0 Å². The van der Waals surface area contributed by atoms with E-state index in [2.05, 4.69) is 25.9 Å². The molecule has 3 rings (SSSR count). The molecule has 2 aromatic heterocycles. The Morgan fingerprint density at radius 1 is 1.27 bits per heavy atom. The number of carbonyl (C=O) groups excluding carboxylic acids is 1. The Morgan fingerprint density at radius 3 is 2.59 bits per heavy atom. The van der Waals surface area contributed by atoms with Crippen molar-refractivity contribution in [3.05, 3.63) is 40.8 Å². The second-order valence-corrected chi connectivity index (χ2v) is 6.04. The van der Waals surface area contributed by atoms with Crippen molar-refractivity contribution in [3.63, 3.8) is 0 Å². The van der Waals surface area contributed by atoms with Gasteiger partial charge in [0.05, 0.1) is 12.5 Å². The maximum absolute atomic E-state index is 13.9. The minimum absolute atomic E-state index is 0.0520. The third kappa shape index (κ3) is 2.83. The molecule has 8 heteroatoms. The van der Waals surface area contributed by atoms with Crippen LogP contribution in [0, 0.1) is 5.82 Å². The number of hydrogen-bond acceptors (Lipinski definition) is 4. The van der Waals surface area contributed by atoms with Crippen LogP contribution in [0.15, 0.2) is 29.3 Å². The molecule has 0 radical (unpaired) electrons. The Bertz CT molecular complexity index is 696. The molecule has 1 amide bonds. The van der Waals surface area contributed by atoms with Crippen molar-refractivity contribution in [1.29, 1.82) is 0 Å². The maximum atomic E-state index is 13.9. The normalized spacial score (nSPS) is 15.2. The number of halogens is 2. The highest BCUT2D eigenvalue weighted by Crippen LogP contribution is 2.21. The highest BCUT2D eigenvalue weighted by molar-refractivity contribution is 9.10. The van der Waals surface area contributed by atoms with E-state index in [4.69, 9.17) is 0 Å². The molecule has 0 bridgehead atoms. The zero-order chi connectivity index (χ0) is 15.7. The fraction of sp³-hybridized carbons (Fsp3) is 0.357. The van der Waals surface area contributed by atoms with E-state index in [1.807, 2.05) is 4.90 Å². The molecular formula is C14H15BrFN5O. The van der Waals surface area contributed by atoms with Gasteiger partial charge in [-0.15, -0.1) is 0 Å². The van der Waals surface area contributed by atoms with Crippen LogP contribution in [-0.4, -0.2) is 51.5 Å². The minimum Gasteiger partial charge on any atom is -0.351 e. The first-order valence-electron chi connectivity index (χ1n) is 6.88. The van der Waals surface area contributed by atoms with E-state index >= 15 is 0 Å². The number of aromatic nitrogens is 3. The Kier molecular flexibility index (Phi) is 4.10. The standard InChI is InChI=1S/C14H15BrFN5O/c1-19-9-17-8-12(19)14(22)21-4-2-20(3-5-21)13-11(16)6-10(15)7-18-13/h6-9H,2-5H2,1H3. The largest absolute Gasteiger partial charge is 0.351 e. The summed E-state index contributed by atoms with van der Waals surface area (Å²) in [5.41, 5.74) is 0.557. The number of amides is 1. The lowest BCUT2D eigenvalue weighted by atomic mass is 10.2. The molecule has 0 unspecified atom stereocenters. The van der Waals surface area contributed by atoms with E-state index in [1.165, 1.54) is 6.07 Å². The van der Waals surface area contributed by atoms with Crippen molar-refractivity contribution >= 4 is 27.7 Å². The van der Waals surface area contributed by atoms with Crippen LogP contribution >= 0.6 is 15.9 Å². The summed E-state index contributed by atoms with van der Waals surface area (Å²) in [6, 6.07) is 1.40. The monoisotopic (exact) mass is 367 g/mol. The fourth-order valence-corrected chi connectivity index (χ4v) is 2.79. The Hall–Kier alpha value is -1.96. The average molecular weight is 368 g/mol. The van der Waals surface area contributed by atoms with Crippen LogP contribution in [0.2, 0.25) is 0 Å². The molecule has 0 aliphatic carbocycles. The van der Waals surface area contributed by atoms with Crippen LogP contribution in [0.3, 0.4) is 0 Å². The summed E-state index contributed by atoms with van der Waals surface area (Å²) in [5.74, 6) is -0.0829. The van der Waals surface area contributed by atoms with Crippen LogP contribution in [0.5, 0.6) is 0 Å². The summed E-state index contributed by atoms with van der Waals surface area (Å²) in [4.78, 5) is 24.1. The van der Waals surface area contributed by atoms with E-state index in [0.717, 1.165) is 0 Å². The van der Waals surface area contributed by atoms with E-state index in [9.17, 15) is 9.18 Å². The lowest BCUT2D eigenvalue weighted by molar-refractivity contribution is 0.0736. The van der Waals surface area contributed by atoms with Crippen LogP contribution in [-0.2, 0) is 7.05 Å². The lowest BCUT2D eigenvalue weighted by Crippen LogP contribution is -2.49. The van der Waals surface area contributed by atoms with Crippen LogP contribution in [0.1, 0.15) is 10.5 Å². The highest BCUT2D eigenvalue weighted by Gasteiger charge is 2.25. The zero-order valence-corrected chi connectivity index (χ0v) is 13.6. The fourth-order valence-electron chi connectivity index (χ4n) is 2.49. The van der Waals surface area contributed by atoms with Gasteiger partial charge >= 0.3 is 0 Å². The maximum Gasteiger partial charge on any atom is 0.272 e. The molecule has 0 atom stereocenters. The molecule has 0 saturated carbocycles. The number of aryl methyl sites for hydroxylation is 1. The second kappa shape index (κ2) is 6.04. The summed E-state index contributed by atoms with van der Waals surface area (Å²) in [7, 11) is 1.79. The van der Waals surface area contributed by atoms with E-state index in [-0.39, 0.29) is 11.7 Å². The number of anilines is 1. The molecular weight excluding hydrogens is 353 g/mol. The number of pyridine rings is 1. The van der Waals surface area contributed by atoms with E-state index in [1.54, 1.807) is 35.2 Å². The molecule has 3 heterocycles. The molecule has 22 heavy (non-hydrogen) atoms. The summed E-state index contributed by atoms with van der Waals surface area (Å²) in [5, 5.41) is 0. The van der Waals surface area contributed by atoms with E-state index in [0.29, 0.717) is 42.2 Å². The van der Waals surface area contributed by atoms with Crippen LogP contribution < -0.4 is 4.90 Å². The predicted molar refractivity (Wildman–Crippen MR) is 83.2 cm³/mol. The molecule has 0 aromatic carbocycles. The summed E-state index contributed by atoms with van der Waals surface area (Å²) in [6.45, 7) is 2.16. The molecule has 1 fully saturated rings. The quantitative estimate of drug-likeness (QED) is 0.810. The number of hydrogen-bond donors (Lipinski definition) is 0. The third-order valence-corrected chi connectivity index (χ3v) is 4.12. The molecule has 1 saturated heterocycles. The van der Waals surface area contributed by atoms with Gasteiger partial charge in [0.1, 0.15) is 5.69 Å². The van der Waals surface area contributed by atoms with Gasteiger partial charge in [-0.1, -0.05) is 0 Å². The van der Waals surface area contributed by atoms with Gasteiger partial charge in [0, 0.05) is 43.9 Å². The topological polar surface area (TPSA) is 54.3 Å². The van der Waals surface area contributed by atoms with Gasteiger partial charge in [0.15, 0.2) is 11.6 Å². The van der Waals surface area contributed by atoms with Crippen LogP contribution in [0.4, 0.5) is 10.2 Å². The van der Waals surface area contributed by atoms with Crippen molar-refractivity contribution in [3.8, 4) is 0 Å². The van der Waals surface area contributed by atoms with Crippen molar-refractivity contribution in [2.45, 2.75) is 0 Å². The number of rotatable bonds is 2. The minimum atomic E-state index is -0.360. The SMILES string of the molecule is Cn1cncc1C(=O)N1CCN(c2ncc(Br)cc2F)CC1. The summed E-state index contributed by atoms with van der Waals surface area (Å²) >= 11 is 3.20. The van der Waals surface area contributed by atoms with Gasteiger partial charge < -0.3 is 14.4 Å². The number of nitrogens with zero attached hydrogens (tertiary/aromatic N) is 5. The Morgan fingerprint density at radius 2 is 2.00 bits per heavy atom. The van der Waals surface area contributed by atoms with Crippen molar-refractivity contribution in [2.24, 2.45) is 7.05 Å². The van der Waals surface area contributed by atoms with E-state index < -0.39 is 0 Å². The molecule has 116 valence electrons. The van der Waals surface area contributed by atoms with Gasteiger partial charge in [-0.05, 0) is 22.0 Å². The smallest absolute Gasteiger partial charge is 0.272 e. The molecule has 1 aliphatic heterocycles. The van der Waals surface area contributed by atoms with Crippen molar-refractivity contribution in [2.75, 3.05) is 31.1 Å². The first-order chi connectivity index (χ1) is 10.6. The number of carbonyl (C=O) groups is 1. The third-order valence-electron chi connectivity index (χ3n) is 3.69. The second-order valence-electron chi connectivity index (χ2n) is 5.13. The van der Waals surface area contributed by atoms with Crippen molar-refractivity contribution < 1.29 is 9.18 Å². The molecule has 2 aromatic rings. The average Bonchev–Trinajstić information content (AvgIpc) is 2.93. The molecule has 0 N–H and O–H groups in total. The predicted octanol–water partition coefficient (Wildman–Crippen LogP) is 1.68. The van der Waals surface area contributed by atoms with Gasteiger partial charge in [-0.25, -0.2) is 14.4 Å². The first kappa shape index (κ1) is 15.0. The Balaban J connectivity index is 1.68. The molecule has 6 nitrogen and oxygen atoms in total. The molecule has 1 aliphatic rings. The summed E-state index contributed by atoms with van der Waals surface area (Å²) < 4.78 is 16.2.